The van der Waals surface area contributed by atoms with Crippen LogP contribution < -0.4 is 0 Å². The molecule has 0 bridgehead atoms. The van der Waals surface area contributed by atoms with Crippen LogP contribution in [0.3, 0.4) is 0 Å². The Hall–Kier alpha value is -2.50. The van der Waals surface area contributed by atoms with E-state index in [0.717, 1.165) is 5.56 Å². The molecule has 20 heavy (non-hydrogen) atoms. The summed E-state index contributed by atoms with van der Waals surface area (Å²) in [6, 6.07) is 3.67. The molecule has 6 nitrogen and oxygen atoms in total. The first-order chi connectivity index (χ1) is 9.76. The number of amides is 1. The summed E-state index contributed by atoms with van der Waals surface area (Å²) in [5, 5.41) is 3.91. The molecule has 102 valence electrons. The van der Waals surface area contributed by atoms with Gasteiger partial charge in [0, 0.05) is 36.8 Å². The van der Waals surface area contributed by atoms with Gasteiger partial charge in [0.25, 0.3) is 0 Å². The van der Waals surface area contributed by atoms with Gasteiger partial charge >= 0.3 is 0 Å². The largest absolute Gasteiger partial charge is 0.337 e. The lowest BCUT2D eigenvalue weighted by Crippen LogP contribution is -2.24. The highest BCUT2D eigenvalue weighted by Gasteiger charge is 2.28. The SMILES string of the molecule is C=CC1CC(=O)N(Cc2nc(-c3cccnc3)no2)C1. The molecule has 1 aliphatic heterocycles. The van der Waals surface area contributed by atoms with Crippen molar-refractivity contribution in [1.29, 1.82) is 0 Å². The Balaban J connectivity index is 1.72. The van der Waals surface area contributed by atoms with Gasteiger partial charge in [0.15, 0.2) is 0 Å². The number of hydrogen-bond acceptors (Lipinski definition) is 5. The molecule has 0 aromatic carbocycles. The molecular formula is C14H14N4O2. The third-order valence-corrected chi connectivity index (χ3v) is 3.29. The summed E-state index contributed by atoms with van der Waals surface area (Å²) in [4.78, 5) is 21.8. The summed E-state index contributed by atoms with van der Waals surface area (Å²) in [7, 11) is 0. The maximum atomic E-state index is 11.8. The molecule has 2 aromatic heterocycles. The average Bonchev–Trinajstić information content (AvgIpc) is 3.08. The van der Waals surface area contributed by atoms with Crippen molar-refractivity contribution in [1.82, 2.24) is 20.0 Å². The van der Waals surface area contributed by atoms with Gasteiger partial charge in [0.1, 0.15) is 6.54 Å². The molecule has 6 heteroatoms. The smallest absolute Gasteiger partial charge is 0.246 e. The van der Waals surface area contributed by atoms with Crippen molar-refractivity contribution < 1.29 is 9.32 Å². The first-order valence-electron chi connectivity index (χ1n) is 6.39. The molecule has 1 aliphatic rings. The van der Waals surface area contributed by atoms with Gasteiger partial charge in [0.2, 0.25) is 17.6 Å². The zero-order valence-corrected chi connectivity index (χ0v) is 10.9. The molecular weight excluding hydrogens is 256 g/mol. The van der Waals surface area contributed by atoms with E-state index in [4.69, 9.17) is 4.52 Å². The van der Waals surface area contributed by atoms with Gasteiger partial charge in [0.05, 0.1) is 0 Å². The van der Waals surface area contributed by atoms with Gasteiger partial charge in [-0.15, -0.1) is 6.58 Å². The Morgan fingerprint density at radius 3 is 3.15 bits per heavy atom. The number of likely N-dealkylation sites (tertiary alicyclic amines) is 1. The van der Waals surface area contributed by atoms with Crippen molar-refractivity contribution in [3.63, 3.8) is 0 Å². The van der Waals surface area contributed by atoms with Crippen LogP contribution >= 0.6 is 0 Å². The van der Waals surface area contributed by atoms with Crippen molar-refractivity contribution >= 4 is 5.91 Å². The quantitative estimate of drug-likeness (QED) is 0.790. The molecule has 0 spiro atoms. The molecule has 0 N–H and O–H groups in total. The third kappa shape index (κ3) is 2.45. The molecule has 0 radical (unpaired) electrons. The fraction of sp³-hybridized carbons (Fsp3) is 0.286. The van der Waals surface area contributed by atoms with Crippen molar-refractivity contribution in [2.75, 3.05) is 6.54 Å². The van der Waals surface area contributed by atoms with E-state index in [1.54, 1.807) is 17.3 Å². The maximum Gasteiger partial charge on any atom is 0.246 e. The van der Waals surface area contributed by atoms with E-state index in [1.807, 2.05) is 18.2 Å². The van der Waals surface area contributed by atoms with Crippen molar-refractivity contribution in [2.45, 2.75) is 13.0 Å². The number of rotatable bonds is 4. The maximum absolute atomic E-state index is 11.8. The van der Waals surface area contributed by atoms with Gasteiger partial charge < -0.3 is 9.42 Å². The fourth-order valence-corrected chi connectivity index (χ4v) is 2.21. The third-order valence-electron chi connectivity index (χ3n) is 3.29. The zero-order valence-electron chi connectivity index (χ0n) is 10.9. The van der Waals surface area contributed by atoms with Crippen LogP contribution in [0.25, 0.3) is 11.4 Å². The highest BCUT2D eigenvalue weighted by Crippen LogP contribution is 2.21. The minimum Gasteiger partial charge on any atom is -0.337 e. The molecule has 1 atom stereocenters. The molecule has 1 fully saturated rings. The molecule has 1 amide bonds. The van der Waals surface area contributed by atoms with E-state index in [1.165, 1.54) is 0 Å². The summed E-state index contributed by atoms with van der Waals surface area (Å²) in [5.41, 5.74) is 0.791. The number of hydrogen-bond donors (Lipinski definition) is 0. The van der Waals surface area contributed by atoms with E-state index in [9.17, 15) is 4.79 Å². The molecule has 2 aromatic rings. The first-order valence-corrected chi connectivity index (χ1v) is 6.39. The fourth-order valence-electron chi connectivity index (χ4n) is 2.21. The van der Waals surface area contributed by atoms with Crippen LogP contribution in [-0.2, 0) is 11.3 Å². The summed E-state index contributed by atoms with van der Waals surface area (Å²) < 4.78 is 5.19. The van der Waals surface area contributed by atoms with E-state index >= 15 is 0 Å². The predicted molar refractivity (Wildman–Crippen MR) is 71.3 cm³/mol. The normalized spacial score (nSPS) is 18.5. The van der Waals surface area contributed by atoms with Crippen molar-refractivity contribution in [3.8, 4) is 11.4 Å². The highest BCUT2D eigenvalue weighted by molar-refractivity contribution is 5.78. The van der Waals surface area contributed by atoms with E-state index in [2.05, 4.69) is 21.7 Å². The molecule has 3 heterocycles. The first kappa shape index (κ1) is 12.5. The Morgan fingerprint density at radius 2 is 2.45 bits per heavy atom. The number of pyridine rings is 1. The standard InChI is InChI=1S/C14H14N4O2/c1-2-10-6-13(19)18(8-10)9-12-16-14(17-20-12)11-4-3-5-15-7-11/h2-5,7,10H,1,6,8-9H2. The zero-order chi connectivity index (χ0) is 13.9. The summed E-state index contributed by atoms with van der Waals surface area (Å²) in [6.45, 7) is 4.73. The molecule has 1 unspecified atom stereocenters. The van der Waals surface area contributed by atoms with E-state index in [-0.39, 0.29) is 11.8 Å². The van der Waals surface area contributed by atoms with Crippen molar-refractivity contribution in [2.24, 2.45) is 5.92 Å². The predicted octanol–water partition coefficient (Wildman–Crippen LogP) is 1.67. The monoisotopic (exact) mass is 270 g/mol. The summed E-state index contributed by atoms with van der Waals surface area (Å²) in [6.07, 6.45) is 5.67. The van der Waals surface area contributed by atoms with Gasteiger partial charge in [-0.05, 0) is 12.1 Å². The van der Waals surface area contributed by atoms with Crippen molar-refractivity contribution in [3.05, 3.63) is 43.1 Å². The number of nitrogens with zero attached hydrogens (tertiary/aromatic N) is 4. The van der Waals surface area contributed by atoms with Crippen LogP contribution in [0.5, 0.6) is 0 Å². The minimum atomic E-state index is 0.0935. The highest BCUT2D eigenvalue weighted by atomic mass is 16.5. The van der Waals surface area contributed by atoms with E-state index < -0.39 is 0 Å². The number of aromatic nitrogens is 3. The van der Waals surface area contributed by atoms with Crippen LogP contribution in [-0.4, -0.2) is 32.5 Å². The van der Waals surface area contributed by atoms with Gasteiger partial charge in [-0.2, -0.15) is 4.98 Å². The van der Waals surface area contributed by atoms with Crippen LogP contribution in [0.2, 0.25) is 0 Å². The Bertz CT molecular complexity index is 623. The second-order valence-electron chi connectivity index (χ2n) is 4.73. The second kappa shape index (κ2) is 5.24. The van der Waals surface area contributed by atoms with Crippen LogP contribution in [0, 0.1) is 5.92 Å². The van der Waals surface area contributed by atoms with Crippen LogP contribution in [0.15, 0.2) is 41.7 Å². The molecule has 0 saturated carbocycles. The topological polar surface area (TPSA) is 72.1 Å². The molecule has 0 aliphatic carbocycles. The molecule has 1 saturated heterocycles. The number of carbonyl (C=O) groups excluding carboxylic acids is 1. The van der Waals surface area contributed by atoms with Crippen LogP contribution in [0.1, 0.15) is 12.3 Å². The minimum absolute atomic E-state index is 0.0935. The van der Waals surface area contributed by atoms with Gasteiger partial charge in [-0.1, -0.05) is 11.2 Å². The Kier molecular flexibility index (Phi) is 3.28. The Labute approximate surface area is 116 Å². The molecule has 3 rings (SSSR count). The summed E-state index contributed by atoms with van der Waals surface area (Å²) in [5.74, 6) is 1.22. The van der Waals surface area contributed by atoms with Gasteiger partial charge in [-0.25, -0.2) is 0 Å². The Morgan fingerprint density at radius 1 is 1.55 bits per heavy atom. The lowest BCUT2D eigenvalue weighted by molar-refractivity contribution is -0.128. The van der Waals surface area contributed by atoms with Gasteiger partial charge in [-0.3, -0.25) is 9.78 Å². The lowest BCUT2D eigenvalue weighted by atomic mass is 10.1. The lowest BCUT2D eigenvalue weighted by Gasteiger charge is -2.12. The number of carbonyl (C=O) groups is 1. The van der Waals surface area contributed by atoms with Crippen LogP contribution in [0.4, 0.5) is 0 Å². The summed E-state index contributed by atoms with van der Waals surface area (Å²) >= 11 is 0. The average molecular weight is 270 g/mol. The van der Waals surface area contributed by atoms with E-state index in [0.29, 0.717) is 31.2 Å². The second-order valence-corrected chi connectivity index (χ2v) is 4.73.